The van der Waals surface area contributed by atoms with Crippen LogP contribution >= 0.6 is 0 Å². The standard InChI is InChI=1S/C15H20F3N3O4S/c16-15(17,18)25-12-1-3-13(4-2-12)26(23,24)21-10-14(22)20-8-6-11-5-7-19-9-11/h1-4,11,19,21H,5-10H2,(H,20,22). The summed E-state index contributed by atoms with van der Waals surface area (Å²) in [7, 11) is -4.01. The van der Waals surface area contributed by atoms with E-state index in [0.717, 1.165) is 50.2 Å². The molecule has 1 amide bonds. The van der Waals surface area contributed by atoms with Crippen molar-refractivity contribution in [2.75, 3.05) is 26.2 Å². The lowest BCUT2D eigenvalue weighted by atomic mass is 10.1. The Labute approximate surface area is 149 Å². The molecule has 0 bridgehead atoms. The normalized spacial score (nSPS) is 17.9. The van der Waals surface area contributed by atoms with Crippen LogP contribution in [0, 0.1) is 5.92 Å². The van der Waals surface area contributed by atoms with E-state index >= 15 is 0 Å². The zero-order valence-corrected chi connectivity index (χ0v) is 14.6. The highest BCUT2D eigenvalue weighted by Crippen LogP contribution is 2.23. The van der Waals surface area contributed by atoms with Gasteiger partial charge in [-0.1, -0.05) is 0 Å². The van der Waals surface area contributed by atoms with Gasteiger partial charge in [-0.15, -0.1) is 13.2 Å². The molecule has 26 heavy (non-hydrogen) atoms. The van der Waals surface area contributed by atoms with Crippen LogP contribution in [0.5, 0.6) is 5.75 Å². The van der Waals surface area contributed by atoms with Gasteiger partial charge in [-0.2, -0.15) is 0 Å². The maximum Gasteiger partial charge on any atom is 0.573 e. The lowest BCUT2D eigenvalue weighted by Crippen LogP contribution is -2.37. The Morgan fingerprint density at radius 1 is 1.27 bits per heavy atom. The lowest BCUT2D eigenvalue weighted by molar-refractivity contribution is -0.274. The van der Waals surface area contributed by atoms with Gasteiger partial charge in [0.15, 0.2) is 0 Å². The number of rotatable bonds is 8. The van der Waals surface area contributed by atoms with Crippen molar-refractivity contribution in [1.82, 2.24) is 15.4 Å². The number of nitrogens with one attached hydrogen (secondary N) is 3. The second kappa shape index (κ2) is 8.69. The highest BCUT2D eigenvalue weighted by Gasteiger charge is 2.31. The molecule has 2 rings (SSSR count). The highest BCUT2D eigenvalue weighted by atomic mass is 32.2. The van der Waals surface area contributed by atoms with Gasteiger partial charge in [0.25, 0.3) is 0 Å². The Morgan fingerprint density at radius 2 is 1.96 bits per heavy atom. The molecule has 3 N–H and O–H groups in total. The number of carbonyl (C=O) groups excluding carboxylic acids is 1. The maximum atomic E-state index is 12.1. The van der Waals surface area contributed by atoms with E-state index in [-0.39, 0.29) is 4.90 Å². The Bertz CT molecular complexity index is 702. The van der Waals surface area contributed by atoms with Crippen molar-refractivity contribution in [1.29, 1.82) is 0 Å². The Kier molecular flexibility index (Phi) is 6.84. The van der Waals surface area contributed by atoms with Gasteiger partial charge in [-0.3, -0.25) is 4.79 Å². The number of hydrogen-bond acceptors (Lipinski definition) is 5. The molecule has 1 atom stereocenters. The van der Waals surface area contributed by atoms with Crippen molar-refractivity contribution in [3.8, 4) is 5.75 Å². The average molecular weight is 395 g/mol. The number of halogens is 3. The third-order valence-electron chi connectivity index (χ3n) is 3.83. The van der Waals surface area contributed by atoms with Crippen molar-refractivity contribution in [3.05, 3.63) is 24.3 Å². The molecule has 146 valence electrons. The molecule has 1 aliphatic rings. The molecular formula is C15H20F3N3O4S. The van der Waals surface area contributed by atoms with Gasteiger partial charge in [0, 0.05) is 6.54 Å². The first-order valence-corrected chi connectivity index (χ1v) is 9.47. The van der Waals surface area contributed by atoms with Crippen LogP contribution in [0.15, 0.2) is 29.2 Å². The van der Waals surface area contributed by atoms with Gasteiger partial charge in [0.2, 0.25) is 15.9 Å². The van der Waals surface area contributed by atoms with Crippen LogP contribution in [0.25, 0.3) is 0 Å². The summed E-state index contributed by atoms with van der Waals surface area (Å²) in [6.45, 7) is 1.88. The molecule has 0 radical (unpaired) electrons. The van der Waals surface area contributed by atoms with Crippen molar-refractivity contribution < 1.29 is 31.1 Å². The first-order chi connectivity index (χ1) is 12.2. The van der Waals surface area contributed by atoms with E-state index in [1.807, 2.05) is 0 Å². The molecule has 1 heterocycles. The zero-order chi connectivity index (χ0) is 19.2. The van der Waals surface area contributed by atoms with Crippen molar-refractivity contribution in [2.45, 2.75) is 24.1 Å². The maximum absolute atomic E-state index is 12.1. The van der Waals surface area contributed by atoms with Crippen molar-refractivity contribution >= 4 is 15.9 Å². The molecule has 11 heteroatoms. The molecule has 1 aliphatic heterocycles. The molecule has 0 spiro atoms. The van der Waals surface area contributed by atoms with Gasteiger partial charge in [-0.25, -0.2) is 13.1 Å². The van der Waals surface area contributed by atoms with Crippen LogP contribution in [0.4, 0.5) is 13.2 Å². The number of benzene rings is 1. The molecule has 0 aliphatic carbocycles. The van der Waals surface area contributed by atoms with Crippen LogP contribution < -0.4 is 20.1 Å². The summed E-state index contributed by atoms with van der Waals surface area (Å²) < 4.78 is 66.1. The minimum absolute atomic E-state index is 0.267. The smallest absolute Gasteiger partial charge is 0.406 e. The summed E-state index contributed by atoms with van der Waals surface area (Å²) in [6.07, 6.45) is -2.99. The second-order valence-corrected chi connectivity index (χ2v) is 7.61. The van der Waals surface area contributed by atoms with E-state index in [9.17, 15) is 26.4 Å². The fourth-order valence-corrected chi connectivity index (χ4v) is 3.49. The summed E-state index contributed by atoms with van der Waals surface area (Å²) >= 11 is 0. The molecule has 0 aromatic heterocycles. The van der Waals surface area contributed by atoms with Crippen LogP contribution in [-0.4, -0.2) is 46.9 Å². The minimum atomic E-state index is -4.86. The topological polar surface area (TPSA) is 96.5 Å². The number of sulfonamides is 1. The Morgan fingerprint density at radius 3 is 2.54 bits per heavy atom. The molecule has 1 aromatic rings. The van der Waals surface area contributed by atoms with Gasteiger partial charge in [-0.05, 0) is 56.1 Å². The van der Waals surface area contributed by atoms with E-state index in [1.54, 1.807) is 0 Å². The molecular weight excluding hydrogens is 375 g/mol. The molecule has 1 saturated heterocycles. The van der Waals surface area contributed by atoms with Gasteiger partial charge >= 0.3 is 6.36 Å². The summed E-state index contributed by atoms with van der Waals surface area (Å²) in [5.74, 6) is -0.503. The second-order valence-electron chi connectivity index (χ2n) is 5.84. The van der Waals surface area contributed by atoms with Crippen LogP contribution in [0.3, 0.4) is 0 Å². The molecule has 0 saturated carbocycles. The number of hydrogen-bond donors (Lipinski definition) is 3. The third kappa shape index (κ3) is 6.81. The third-order valence-corrected chi connectivity index (χ3v) is 5.24. The van der Waals surface area contributed by atoms with Crippen LogP contribution in [0.1, 0.15) is 12.8 Å². The molecule has 7 nitrogen and oxygen atoms in total. The van der Waals surface area contributed by atoms with E-state index in [0.29, 0.717) is 12.5 Å². The van der Waals surface area contributed by atoms with E-state index < -0.39 is 34.6 Å². The zero-order valence-electron chi connectivity index (χ0n) is 13.8. The SMILES string of the molecule is O=C(CNS(=O)(=O)c1ccc(OC(F)(F)F)cc1)NCCC1CCNC1. The fraction of sp³-hybridized carbons (Fsp3) is 0.533. The summed E-state index contributed by atoms with van der Waals surface area (Å²) in [5.41, 5.74) is 0. The first-order valence-electron chi connectivity index (χ1n) is 7.98. The van der Waals surface area contributed by atoms with Gasteiger partial charge in [0.05, 0.1) is 11.4 Å². The number of carbonyl (C=O) groups is 1. The molecule has 1 aromatic carbocycles. The molecule has 1 unspecified atom stereocenters. The quantitative estimate of drug-likeness (QED) is 0.610. The Balaban J connectivity index is 1.79. The van der Waals surface area contributed by atoms with Crippen LogP contribution in [0.2, 0.25) is 0 Å². The van der Waals surface area contributed by atoms with Crippen molar-refractivity contribution in [3.63, 3.8) is 0 Å². The molecule has 1 fully saturated rings. The number of ether oxygens (including phenoxy) is 1. The number of alkyl halides is 3. The summed E-state index contributed by atoms with van der Waals surface area (Å²) in [4.78, 5) is 11.4. The Hall–Kier alpha value is -1.85. The van der Waals surface area contributed by atoms with E-state index in [4.69, 9.17) is 0 Å². The van der Waals surface area contributed by atoms with Crippen molar-refractivity contribution in [2.24, 2.45) is 5.92 Å². The predicted molar refractivity (Wildman–Crippen MR) is 86.9 cm³/mol. The predicted octanol–water partition coefficient (Wildman–Crippen LogP) is 0.979. The van der Waals surface area contributed by atoms with Gasteiger partial charge in [0.1, 0.15) is 5.75 Å². The first kappa shape index (κ1) is 20.5. The van der Waals surface area contributed by atoms with Crippen LogP contribution in [-0.2, 0) is 14.8 Å². The monoisotopic (exact) mass is 395 g/mol. The highest BCUT2D eigenvalue weighted by molar-refractivity contribution is 7.89. The van der Waals surface area contributed by atoms with E-state index in [1.165, 1.54) is 0 Å². The van der Waals surface area contributed by atoms with E-state index in [2.05, 4.69) is 20.1 Å². The largest absolute Gasteiger partial charge is 0.573 e. The average Bonchev–Trinajstić information content (AvgIpc) is 3.05. The fourth-order valence-electron chi connectivity index (χ4n) is 2.50. The summed E-state index contributed by atoms with van der Waals surface area (Å²) in [6, 6.07) is 3.71. The minimum Gasteiger partial charge on any atom is -0.406 e. The van der Waals surface area contributed by atoms with Gasteiger partial charge < -0.3 is 15.4 Å². The lowest BCUT2D eigenvalue weighted by Gasteiger charge is -2.11. The number of amides is 1. The summed E-state index contributed by atoms with van der Waals surface area (Å²) in [5, 5.41) is 5.84.